The van der Waals surface area contributed by atoms with Crippen LogP contribution in [-0.4, -0.2) is 92.1 Å². The highest BCUT2D eigenvalue weighted by Gasteiger charge is 2.21. The number of aryl methyl sites for hydroxylation is 4. The van der Waals surface area contributed by atoms with Gasteiger partial charge in [0.1, 0.15) is 40.4 Å². The second kappa shape index (κ2) is 34.4. The molecule has 92 heavy (non-hydrogen) atoms. The third-order valence-electron chi connectivity index (χ3n) is 12.2. The first-order valence-corrected chi connectivity index (χ1v) is 34.8. The standard InChI is InChI=1S/C23H22FN3O4S2.C22H20BrClN4O4S2.C16H19N3O4S2/c1-31-20-12-13-25-19(14-20)15-33(29,30)21-9-7-18(8-10-21)26-23(32)27-22(28)11-4-16-2-5-17(24)6-3-16;1-13-9-14(2)26-20(25-13)12-34(30,31)17-6-4-16(5-7-17)27-22(33)28-21(29)11-32-19-8-3-15(23)10-18(19)24;1-3-4-15(20)18-16(24)17-12-5-7-14(8-6-12)25(21,22)10-13-9-11(2)23-19-13/h2-3,5-10,12-14H,4,11,15H2,1H3,(H2,26,27,28,32);3-10H,11-12H2,1-2H3,(H2,27,28,29,33);5-9H,3-4,10H2,1-2H3,(H2,17,18,20,24). The van der Waals surface area contributed by atoms with Crippen molar-refractivity contribution in [1.29, 1.82) is 0 Å². The molecule has 0 saturated carbocycles. The minimum absolute atomic E-state index is 0.0368. The van der Waals surface area contributed by atoms with Gasteiger partial charge in [-0.1, -0.05) is 51.7 Å². The summed E-state index contributed by atoms with van der Waals surface area (Å²) >= 11 is 24.7. The van der Waals surface area contributed by atoms with Gasteiger partial charge in [0.15, 0.2) is 51.5 Å². The molecule has 0 fully saturated rings. The predicted octanol–water partition coefficient (Wildman–Crippen LogP) is 10.6. The Balaban J connectivity index is 0.000000222. The molecule has 0 unspecified atom stereocenters. The van der Waals surface area contributed by atoms with Crippen molar-refractivity contribution in [2.75, 3.05) is 29.7 Å². The van der Waals surface area contributed by atoms with Crippen LogP contribution in [0.25, 0.3) is 0 Å². The van der Waals surface area contributed by atoms with E-state index in [1.807, 2.05) is 6.92 Å². The zero-order valence-corrected chi connectivity index (χ0v) is 57.0. The topological polar surface area (TPSA) is 309 Å². The first kappa shape index (κ1) is 72.8. The number of thiocarbonyl (C=S) groups is 3. The number of sulfone groups is 3. The molecule has 3 heterocycles. The molecule has 8 aromatic rings. The molecule has 3 amide bonds. The van der Waals surface area contributed by atoms with Crippen molar-refractivity contribution in [2.24, 2.45) is 0 Å². The molecule has 31 heteroatoms. The molecule has 0 aliphatic rings. The molecule has 8 rings (SSSR count). The normalized spacial score (nSPS) is 11.0. The van der Waals surface area contributed by atoms with E-state index in [1.54, 1.807) is 112 Å². The Kier molecular flexibility index (Phi) is 27.3. The Labute approximate surface area is 561 Å². The summed E-state index contributed by atoms with van der Waals surface area (Å²) < 4.78 is 105. The van der Waals surface area contributed by atoms with Gasteiger partial charge in [-0.15, -0.1) is 0 Å². The number of aromatic nitrogens is 4. The summed E-state index contributed by atoms with van der Waals surface area (Å²) in [5.74, 6) is -0.373. The Hall–Kier alpha value is -8.23. The van der Waals surface area contributed by atoms with Gasteiger partial charge < -0.3 is 40.6 Å². The summed E-state index contributed by atoms with van der Waals surface area (Å²) in [6.45, 7) is 6.88. The van der Waals surface area contributed by atoms with E-state index in [-0.39, 0.29) is 83.8 Å². The van der Waals surface area contributed by atoms with Crippen LogP contribution in [0.3, 0.4) is 0 Å². The van der Waals surface area contributed by atoms with Crippen molar-refractivity contribution in [1.82, 2.24) is 36.1 Å². The van der Waals surface area contributed by atoms with Crippen molar-refractivity contribution in [3.05, 3.63) is 201 Å². The van der Waals surface area contributed by atoms with Crippen LogP contribution in [0.2, 0.25) is 5.02 Å². The number of hydrogen-bond donors (Lipinski definition) is 6. The smallest absolute Gasteiger partial charge is 0.264 e. The fraction of sp³-hybridized carbons (Fsp3) is 0.213. The lowest BCUT2D eigenvalue weighted by Crippen LogP contribution is -2.37. The van der Waals surface area contributed by atoms with Crippen molar-refractivity contribution in [3.63, 3.8) is 0 Å². The maximum absolute atomic E-state index is 12.9. The van der Waals surface area contributed by atoms with E-state index in [4.69, 9.17) is 62.3 Å². The van der Waals surface area contributed by atoms with Crippen molar-refractivity contribution >= 4 is 144 Å². The number of rotatable bonds is 21. The molecule has 0 aliphatic carbocycles. The number of hydrogen-bond acceptors (Lipinski definition) is 19. The number of halogens is 3. The number of pyridine rings is 1. The summed E-state index contributed by atoms with van der Waals surface area (Å²) in [6.07, 6.45) is 3.24. The van der Waals surface area contributed by atoms with Gasteiger partial charge in [0, 0.05) is 64.1 Å². The highest BCUT2D eigenvalue weighted by molar-refractivity contribution is 9.10. The molecule has 0 spiro atoms. The van der Waals surface area contributed by atoms with E-state index in [0.29, 0.717) is 75.0 Å². The largest absolute Gasteiger partial charge is 0.497 e. The fourth-order valence-electron chi connectivity index (χ4n) is 7.96. The Bertz CT molecular complexity index is 4270. The fourth-order valence-corrected chi connectivity index (χ4v) is 13.1. The number of carbonyl (C=O) groups is 3. The molecule has 6 N–H and O–H groups in total. The highest BCUT2D eigenvalue weighted by Crippen LogP contribution is 2.28. The summed E-state index contributed by atoms with van der Waals surface area (Å²) in [6, 6.07) is 35.7. The van der Waals surface area contributed by atoms with Crippen LogP contribution >= 0.6 is 64.2 Å². The minimum Gasteiger partial charge on any atom is -0.497 e. The number of nitrogens with zero attached hydrogens (tertiary/aromatic N) is 4. The van der Waals surface area contributed by atoms with Crippen molar-refractivity contribution in [2.45, 2.75) is 85.3 Å². The molecular weight excluding hydrogens is 1390 g/mol. The first-order chi connectivity index (χ1) is 43.6. The maximum Gasteiger partial charge on any atom is 0.264 e. The minimum atomic E-state index is -3.64. The third kappa shape index (κ3) is 24.4. The molecule has 5 aromatic carbocycles. The Morgan fingerprint density at radius 1 is 0.598 bits per heavy atom. The quantitative estimate of drug-likeness (QED) is 0.0364. The van der Waals surface area contributed by atoms with E-state index in [0.717, 1.165) is 16.5 Å². The average Bonchev–Trinajstić information content (AvgIpc) is 1.69. The van der Waals surface area contributed by atoms with Gasteiger partial charge in [0.05, 0.1) is 44.0 Å². The van der Waals surface area contributed by atoms with Crippen LogP contribution in [0.1, 0.15) is 66.1 Å². The molecular formula is C61H61BrClFN10O12S6. The van der Waals surface area contributed by atoms with Gasteiger partial charge in [-0.05, 0) is 191 Å². The van der Waals surface area contributed by atoms with E-state index < -0.39 is 35.4 Å². The number of ether oxygens (including phenoxy) is 2. The molecule has 0 atom stereocenters. The van der Waals surface area contributed by atoms with Crippen LogP contribution in [0.5, 0.6) is 11.5 Å². The zero-order valence-electron chi connectivity index (χ0n) is 49.8. The Morgan fingerprint density at radius 2 is 1.08 bits per heavy atom. The average molecular weight is 1450 g/mol. The number of carbonyl (C=O) groups excluding carboxylic acids is 3. The van der Waals surface area contributed by atoms with Crippen LogP contribution in [0.15, 0.2) is 169 Å². The number of methoxy groups -OCH3 is 1. The van der Waals surface area contributed by atoms with Gasteiger partial charge in [-0.3, -0.25) is 24.7 Å². The van der Waals surface area contributed by atoms with Gasteiger partial charge >= 0.3 is 0 Å². The molecule has 3 aromatic heterocycles. The van der Waals surface area contributed by atoms with Gasteiger partial charge in [0.25, 0.3) is 5.91 Å². The van der Waals surface area contributed by atoms with Crippen molar-refractivity contribution in [3.8, 4) is 11.5 Å². The number of amides is 3. The lowest BCUT2D eigenvalue weighted by molar-refractivity contribution is -0.122. The maximum atomic E-state index is 12.9. The van der Waals surface area contributed by atoms with Crippen LogP contribution in [0, 0.1) is 26.6 Å². The molecule has 484 valence electrons. The number of nitrogens with one attached hydrogen (secondary N) is 6. The summed E-state index contributed by atoms with van der Waals surface area (Å²) in [7, 11) is -9.27. The Morgan fingerprint density at radius 3 is 1.54 bits per heavy atom. The summed E-state index contributed by atoms with van der Waals surface area (Å²) in [5.41, 5.74) is 4.60. The van der Waals surface area contributed by atoms with Gasteiger partial charge in [0.2, 0.25) is 11.8 Å². The lowest BCUT2D eigenvalue weighted by Gasteiger charge is -2.12. The molecule has 0 bridgehead atoms. The highest BCUT2D eigenvalue weighted by atomic mass is 79.9. The van der Waals surface area contributed by atoms with Crippen LogP contribution < -0.4 is 41.4 Å². The van der Waals surface area contributed by atoms with Crippen LogP contribution in [-0.2, 0) is 67.6 Å². The molecule has 0 saturated heterocycles. The monoisotopic (exact) mass is 1450 g/mol. The summed E-state index contributed by atoms with van der Waals surface area (Å²) in [4.78, 5) is 48.5. The summed E-state index contributed by atoms with van der Waals surface area (Å²) in [5, 5.41) is 20.5. The third-order valence-corrected chi connectivity index (χ3v) is 18.5. The number of anilines is 3. The molecule has 0 radical (unpaired) electrons. The SMILES string of the molecule is CCCC(=O)NC(=S)Nc1ccc(S(=O)(=O)Cc2cc(C)on2)cc1.COc1ccnc(CS(=O)(=O)c2ccc(NC(=S)NC(=O)CCc3ccc(F)cc3)cc2)c1.Cc1cc(C)nc(CS(=O)(=O)c2ccc(NC(=S)NC(=O)COc3ccc(Br)cc3Cl)cc2)n1. The van der Waals surface area contributed by atoms with E-state index in [1.165, 1.54) is 61.8 Å². The first-order valence-electron chi connectivity index (χ1n) is 27.4. The molecule has 22 nitrogen and oxygen atoms in total. The number of benzene rings is 5. The van der Waals surface area contributed by atoms with E-state index in [2.05, 4.69) is 67.9 Å². The lowest BCUT2D eigenvalue weighted by atomic mass is 10.1. The zero-order chi connectivity index (χ0) is 67.2. The molecule has 0 aliphatic heterocycles. The van der Waals surface area contributed by atoms with Gasteiger partial charge in [-0.25, -0.2) is 39.6 Å². The second-order valence-electron chi connectivity index (χ2n) is 19.8. The van der Waals surface area contributed by atoms with Gasteiger partial charge in [-0.2, -0.15) is 0 Å². The van der Waals surface area contributed by atoms with Crippen molar-refractivity contribution < 1.29 is 58.0 Å². The van der Waals surface area contributed by atoms with E-state index >= 15 is 0 Å². The van der Waals surface area contributed by atoms with Crippen LogP contribution in [0.4, 0.5) is 21.5 Å². The second-order valence-corrected chi connectivity index (χ2v) is 28.3. The predicted molar refractivity (Wildman–Crippen MR) is 363 cm³/mol. The van der Waals surface area contributed by atoms with E-state index in [9.17, 15) is 44.0 Å².